The van der Waals surface area contributed by atoms with Gasteiger partial charge in [-0.1, -0.05) is 26.8 Å². The lowest BCUT2D eigenvalue weighted by Gasteiger charge is -2.35. The maximum atomic E-state index is 6.17. The molecule has 2 rings (SSSR count). The van der Waals surface area contributed by atoms with Crippen LogP contribution in [0.4, 0.5) is 0 Å². The monoisotopic (exact) mass is 367 g/mol. The van der Waals surface area contributed by atoms with Crippen LogP contribution < -0.4 is 0 Å². The van der Waals surface area contributed by atoms with Gasteiger partial charge in [-0.25, -0.2) is 4.98 Å². The zero-order chi connectivity index (χ0) is 15.7. The van der Waals surface area contributed by atoms with Gasteiger partial charge in [-0.05, 0) is 58.3 Å². The van der Waals surface area contributed by atoms with Gasteiger partial charge < -0.3 is 8.84 Å². The van der Waals surface area contributed by atoms with Gasteiger partial charge in [0.25, 0.3) is 0 Å². The quantitative estimate of drug-likeness (QED) is 0.519. The van der Waals surface area contributed by atoms with E-state index < -0.39 is 8.32 Å². The second kappa shape index (κ2) is 6.06. The topological polar surface area (TPSA) is 35.3 Å². The first-order chi connectivity index (χ1) is 9.69. The number of rotatable bonds is 4. The summed E-state index contributed by atoms with van der Waals surface area (Å²) in [6, 6.07) is 9.68. The van der Waals surface area contributed by atoms with E-state index in [9.17, 15) is 0 Å². The zero-order valence-corrected chi connectivity index (χ0v) is 15.8. The van der Waals surface area contributed by atoms with Crippen LogP contribution in [0, 0.1) is 0 Å². The highest BCUT2D eigenvalue weighted by molar-refractivity contribution is 9.10. The molecule has 21 heavy (non-hydrogen) atoms. The molecule has 0 amide bonds. The summed E-state index contributed by atoms with van der Waals surface area (Å²) in [5, 5.41) is 0.203. The van der Waals surface area contributed by atoms with Crippen molar-refractivity contribution in [2.45, 2.75) is 45.5 Å². The van der Waals surface area contributed by atoms with E-state index in [1.54, 1.807) is 0 Å². The molecule has 5 heteroatoms. The smallest absolute Gasteiger partial charge is 0.192 e. The highest BCUT2D eigenvalue weighted by Gasteiger charge is 2.37. The summed E-state index contributed by atoms with van der Waals surface area (Å²) in [5.41, 5.74) is 0.822. The standard InChI is InChI=1S/C16H22BrNO2Si/c1-16(2,3)21(4,5)19-11-12-9-10-14(20-12)13-7-6-8-15(17)18-13/h6-10H,11H2,1-5H3. The first-order valence-electron chi connectivity index (χ1n) is 7.05. The van der Waals surface area contributed by atoms with E-state index in [0.717, 1.165) is 21.8 Å². The molecule has 0 saturated carbocycles. The summed E-state index contributed by atoms with van der Waals surface area (Å²) in [4.78, 5) is 4.40. The van der Waals surface area contributed by atoms with Crippen LogP contribution in [-0.2, 0) is 11.0 Å². The first kappa shape index (κ1) is 16.5. The van der Waals surface area contributed by atoms with Crippen LogP contribution in [0.5, 0.6) is 0 Å². The summed E-state index contributed by atoms with van der Waals surface area (Å²) < 4.78 is 12.8. The van der Waals surface area contributed by atoms with Crippen LogP contribution in [0.1, 0.15) is 26.5 Å². The number of aromatic nitrogens is 1. The number of nitrogens with zero attached hydrogens (tertiary/aromatic N) is 1. The maximum absolute atomic E-state index is 6.17. The fourth-order valence-corrected chi connectivity index (χ4v) is 2.89. The van der Waals surface area contributed by atoms with Gasteiger partial charge in [0.1, 0.15) is 16.1 Å². The average Bonchev–Trinajstić information content (AvgIpc) is 2.84. The van der Waals surface area contributed by atoms with Crippen molar-refractivity contribution >= 4 is 24.2 Å². The molecule has 3 nitrogen and oxygen atoms in total. The van der Waals surface area contributed by atoms with Crippen LogP contribution in [0.3, 0.4) is 0 Å². The Bertz CT molecular complexity index is 617. The van der Waals surface area contributed by atoms with Crippen molar-refractivity contribution in [1.82, 2.24) is 4.98 Å². The van der Waals surface area contributed by atoms with Crippen LogP contribution in [0.2, 0.25) is 18.1 Å². The third kappa shape index (κ3) is 4.05. The van der Waals surface area contributed by atoms with Gasteiger partial charge in [-0.2, -0.15) is 0 Å². The first-order valence-corrected chi connectivity index (χ1v) is 10.7. The van der Waals surface area contributed by atoms with Gasteiger partial charge in [0, 0.05) is 0 Å². The molecule has 0 aliphatic rings. The molecule has 0 radical (unpaired) electrons. The van der Waals surface area contributed by atoms with Crippen molar-refractivity contribution in [1.29, 1.82) is 0 Å². The third-order valence-corrected chi connectivity index (χ3v) is 8.93. The molecule has 0 N–H and O–H groups in total. The number of hydrogen-bond acceptors (Lipinski definition) is 3. The molecular formula is C16H22BrNO2Si. The van der Waals surface area contributed by atoms with E-state index in [-0.39, 0.29) is 5.04 Å². The number of hydrogen-bond donors (Lipinski definition) is 0. The van der Waals surface area contributed by atoms with Crippen LogP contribution >= 0.6 is 15.9 Å². The second-order valence-electron chi connectivity index (χ2n) is 6.66. The minimum atomic E-state index is -1.75. The molecule has 2 heterocycles. The normalized spacial score (nSPS) is 12.7. The Hall–Kier alpha value is -0.913. The van der Waals surface area contributed by atoms with Crippen molar-refractivity contribution in [2.75, 3.05) is 0 Å². The predicted molar refractivity (Wildman–Crippen MR) is 91.6 cm³/mol. The largest absolute Gasteiger partial charge is 0.457 e. The van der Waals surface area contributed by atoms with Gasteiger partial charge in [0.2, 0.25) is 0 Å². The summed E-state index contributed by atoms with van der Waals surface area (Å²) in [6.45, 7) is 11.7. The number of pyridine rings is 1. The molecule has 0 aliphatic heterocycles. The molecule has 0 bridgehead atoms. The molecule has 2 aromatic rings. The minimum Gasteiger partial charge on any atom is -0.457 e. The molecule has 0 aromatic carbocycles. The van der Waals surface area contributed by atoms with Gasteiger partial charge >= 0.3 is 0 Å². The van der Waals surface area contributed by atoms with E-state index in [0.29, 0.717) is 6.61 Å². The lowest BCUT2D eigenvalue weighted by Crippen LogP contribution is -2.40. The van der Waals surface area contributed by atoms with E-state index in [2.05, 4.69) is 54.8 Å². The van der Waals surface area contributed by atoms with Crippen LogP contribution in [0.15, 0.2) is 39.4 Å². The van der Waals surface area contributed by atoms with Crippen LogP contribution in [0.25, 0.3) is 11.5 Å². The van der Waals surface area contributed by atoms with Crippen molar-refractivity contribution in [3.05, 3.63) is 40.7 Å². The lowest BCUT2D eigenvalue weighted by molar-refractivity contribution is 0.247. The van der Waals surface area contributed by atoms with Crippen molar-refractivity contribution in [3.8, 4) is 11.5 Å². The van der Waals surface area contributed by atoms with E-state index in [4.69, 9.17) is 8.84 Å². The predicted octanol–water partition coefficient (Wildman–Crippen LogP) is 5.63. The van der Waals surface area contributed by atoms with Crippen molar-refractivity contribution in [3.63, 3.8) is 0 Å². The fourth-order valence-electron chi connectivity index (χ4n) is 1.61. The highest BCUT2D eigenvalue weighted by Crippen LogP contribution is 2.37. The lowest BCUT2D eigenvalue weighted by atomic mass is 10.2. The molecule has 114 valence electrons. The van der Waals surface area contributed by atoms with E-state index in [1.165, 1.54) is 0 Å². The third-order valence-electron chi connectivity index (χ3n) is 4.01. The summed E-state index contributed by atoms with van der Waals surface area (Å²) in [7, 11) is -1.75. The van der Waals surface area contributed by atoms with Gasteiger partial charge in [0.05, 0.1) is 6.61 Å². The zero-order valence-electron chi connectivity index (χ0n) is 13.2. The van der Waals surface area contributed by atoms with Crippen LogP contribution in [-0.4, -0.2) is 13.3 Å². The Morgan fingerprint density at radius 3 is 2.52 bits per heavy atom. The molecule has 0 aliphatic carbocycles. The minimum absolute atomic E-state index is 0.203. The molecule has 0 atom stereocenters. The SMILES string of the molecule is CC(C)(C)[Si](C)(C)OCc1ccc(-c2cccc(Br)n2)o1. The summed E-state index contributed by atoms with van der Waals surface area (Å²) in [6.07, 6.45) is 0. The molecule has 2 aromatic heterocycles. The Balaban J connectivity index is 2.08. The second-order valence-corrected chi connectivity index (χ2v) is 12.3. The molecule has 0 saturated heterocycles. The Kier molecular flexibility index (Phi) is 4.75. The summed E-state index contributed by atoms with van der Waals surface area (Å²) in [5.74, 6) is 1.61. The highest BCUT2D eigenvalue weighted by atomic mass is 79.9. The molecule has 0 unspecified atom stereocenters. The fraction of sp³-hybridized carbons (Fsp3) is 0.438. The van der Waals surface area contributed by atoms with Gasteiger partial charge in [-0.15, -0.1) is 0 Å². The van der Waals surface area contributed by atoms with Crippen molar-refractivity contribution in [2.24, 2.45) is 0 Å². The number of halogens is 1. The Morgan fingerprint density at radius 1 is 1.19 bits per heavy atom. The van der Waals surface area contributed by atoms with E-state index in [1.807, 2.05) is 30.3 Å². The van der Waals surface area contributed by atoms with Gasteiger partial charge in [-0.3, -0.25) is 0 Å². The average molecular weight is 368 g/mol. The Morgan fingerprint density at radius 2 is 1.90 bits per heavy atom. The molecule has 0 fully saturated rings. The molecular weight excluding hydrogens is 346 g/mol. The van der Waals surface area contributed by atoms with Crippen molar-refractivity contribution < 1.29 is 8.84 Å². The maximum Gasteiger partial charge on any atom is 0.192 e. The summed E-state index contributed by atoms with van der Waals surface area (Å²) >= 11 is 3.37. The Labute approximate surface area is 136 Å². The van der Waals surface area contributed by atoms with Gasteiger partial charge in [0.15, 0.2) is 14.1 Å². The molecule has 0 spiro atoms. The number of furan rings is 1. The van der Waals surface area contributed by atoms with E-state index >= 15 is 0 Å².